The number of rotatable bonds is 35. The first-order valence-electron chi connectivity index (χ1n) is 19.5. The minimum Gasteiger partial charge on any atom is -0.354 e. The average molecular weight is 620 g/mol. The van der Waals surface area contributed by atoms with Gasteiger partial charge in [-0.2, -0.15) is 0 Å². The molecule has 0 aromatic rings. The summed E-state index contributed by atoms with van der Waals surface area (Å²) in [5.74, 6) is -0.0248. The van der Waals surface area contributed by atoms with Crippen LogP contribution in [0, 0.1) is 0 Å². The van der Waals surface area contributed by atoms with Gasteiger partial charge in [-0.15, -0.1) is 0 Å². The fourth-order valence-corrected chi connectivity index (χ4v) is 5.83. The van der Waals surface area contributed by atoms with E-state index >= 15 is 0 Å². The summed E-state index contributed by atoms with van der Waals surface area (Å²) in [6.07, 6.45) is 40.8. The van der Waals surface area contributed by atoms with E-state index in [9.17, 15) is 9.59 Å². The lowest BCUT2D eigenvalue weighted by Crippen LogP contribution is -2.48. The van der Waals surface area contributed by atoms with Gasteiger partial charge in [-0.05, 0) is 58.5 Å². The van der Waals surface area contributed by atoms with Gasteiger partial charge in [-0.3, -0.25) is 9.59 Å². The van der Waals surface area contributed by atoms with Crippen molar-refractivity contribution in [3.63, 3.8) is 0 Å². The van der Waals surface area contributed by atoms with E-state index < -0.39 is 6.04 Å². The Balaban J connectivity index is 3.76. The van der Waals surface area contributed by atoms with Crippen LogP contribution in [-0.2, 0) is 9.59 Å². The molecule has 0 radical (unpaired) electrons. The number of hydrogen-bond donors (Lipinski definition) is 3. The molecule has 0 aliphatic carbocycles. The van der Waals surface area contributed by atoms with Crippen molar-refractivity contribution in [1.29, 1.82) is 0 Å². The van der Waals surface area contributed by atoms with E-state index in [2.05, 4.69) is 41.9 Å². The Bertz CT molecular complexity index is 637. The van der Waals surface area contributed by atoms with Crippen molar-refractivity contribution in [3.05, 3.63) is 12.2 Å². The van der Waals surface area contributed by atoms with Gasteiger partial charge in [0, 0.05) is 13.0 Å². The summed E-state index contributed by atoms with van der Waals surface area (Å²) in [4.78, 5) is 25.3. The largest absolute Gasteiger partial charge is 0.354 e. The zero-order valence-electron chi connectivity index (χ0n) is 30.0. The number of hydrogen-bond acceptors (Lipinski definition) is 3. The van der Waals surface area contributed by atoms with Gasteiger partial charge in [0.2, 0.25) is 11.8 Å². The second kappa shape index (κ2) is 36.1. The van der Waals surface area contributed by atoms with Gasteiger partial charge in [0.25, 0.3) is 0 Å². The number of carbonyl (C=O) groups is 2. The molecule has 0 spiro atoms. The van der Waals surface area contributed by atoms with Gasteiger partial charge in [-0.25, -0.2) is 0 Å². The zero-order valence-corrected chi connectivity index (χ0v) is 30.0. The molecule has 0 aromatic heterocycles. The SMILES string of the molecule is CCCCCCCCC=CCCCCCCCC(=O)NC(CCNC)C(=O)NCCCCCCCCCCCCCCCC. The van der Waals surface area contributed by atoms with Crippen LogP contribution in [0.5, 0.6) is 0 Å². The van der Waals surface area contributed by atoms with E-state index in [-0.39, 0.29) is 11.8 Å². The lowest BCUT2D eigenvalue weighted by molar-refractivity contribution is -0.129. The summed E-state index contributed by atoms with van der Waals surface area (Å²) in [5, 5.41) is 9.19. The van der Waals surface area contributed by atoms with Crippen LogP contribution in [0.15, 0.2) is 12.2 Å². The average Bonchev–Trinajstić information content (AvgIpc) is 3.02. The Kier molecular flexibility index (Phi) is 35.0. The molecule has 44 heavy (non-hydrogen) atoms. The highest BCUT2D eigenvalue weighted by Gasteiger charge is 2.19. The van der Waals surface area contributed by atoms with E-state index in [0.717, 1.165) is 19.3 Å². The monoisotopic (exact) mass is 620 g/mol. The lowest BCUT2D eigenvalue weighted by atomic mass is 10.0. The zero-order chi connectivity index (χ0) is 32.2. The fourth-order valence-electron chi connectivity index (χ4n) is 5.83. The lowest BCUT2D eigenvalue weighted by Gasteiger charge is -2.18. The summed E-state index contributed by atoms with van der Waals surface area (Å²) in [5.41, 5.74) is 0. The predicted octanol–water partition coefficient (Wildman–Crippen LogP) is 10.7. The molecule has 5 heteroatoms. The molecule has 3 N–H and O–H groups in total. The van der Waals surface area contributed by atoms with E-state index in [0.29, 0.717) is 25.9 Å². The van der Waals surface area contributed by atoms with Crippen LogP contribution in [0.2, 0.25) is 0 Å². The maximum absolute atomic E-state index is 12.8. The summed E-state index contributed by atoms with van der Waals surface area (Å²) in [7, 11) is 1.89. The van der Waals surface area contributed by atoms with Crippen molar-refractivity contribution in [3.8, 4) is 0 Å². The number of unbranched alkanes of at least 4 members (excludes halogenated alkanes) is 24. The third-order valence-electron chi connectivity index (χ3n) is 8.83. The molecule has 5 nitrogen and oxygen atoms in total. The molecular weight excluding hydrogens is 542 g/mol. The van der Waals surface area contributed by atoms with Crippen LogP contribution < -0.4 is 16.0 Å². The van der Waals surface area contributed by atoms with Crippen LogP contribution in [0.4, 0.5) is 0 Å². The van der Waals surface area contributed by atoms with E-state index in [1.54, 1.807) is 0 Å². The van der Waals surface area contributed by atoms with Gasteiger partial charge in [-0.1, -0.05) is 161 Å². The Morgan fingerprint density at radius 1 is 0.523 bits per heavy atom. The first-order chi connectivity index (χ1) is 21.7. The summed E-state index contributed by atoms with van der Waals surface area (Å²) in [6.45, 7) is 5.97. The Hall–Kier alpha value is -1.36. The number of allylic oxidation sites excluding steroid dienone is 2. The topological polar surface area (TPSA) is 70.2 Å². The van der Waals surface area contributed by atoms with Gasteiger partial charge in [0.05, 0.1) is 0 Å². The van der Waals surface area contributed by atoms with Crippen molar-refractivity contribution in [2.45, 2.75) is 206 Å². The normalized spacial score (nSPS) is 12.2. The van der Waals surface area contributed by atoms with Gasteiger partial charge >= 0.3 is 0 Å². The molecule has 1 atom stereocenters. The minimum absolute atomic E-state index is 0.00961. The van der Waals surface area contributed by atoms with Crippen molar-refractivity contribution >= 4 is 11.8 Å². The maximum Gasteiger partial charge on any atom is 0.242 e. The highest BCUT2D eigenvalue weighted by molar-refractivity contribution is 5.87. The first kappa shape index (κ1) is 42.6. The Morgan fingerprint density at radius 3 is 1.39 bits per heavy atom. The van der Waals surface area contributed by atoms with Crippen LogP contribution in [-0.4, -0.2) is 38.0 Å². The van der Waals surface area contributed by atoms with Crippen molar-refractivity contribution in [2.75, 3.05) is 20.1 Å². The molecule has 0 saturated carbocycles. The molecule has 0 saturated heterocycles. The van der Waals surface area contributed by atoms with Gasteiger partial charge in [0.15, 0.2) is 0 Å². The summed E-state index contributed by atoms with van der Waals surface area (Å²) in [6, 6.07) is -0.440. The molecule has 0 bridgehead atoms. The summed E-state index contributed by atoms with van der Waals surface area (Å²) >= 11 is 0. The van der Waals surface area contributed by atoms with Gasteiger partial charge in [0.1, 0.15) is 6.04 Å². The van der Waals surface area contributed by atoms with E-state index in [4.69, 9.17) is 0 Å². The summed E-state index contributed by atoms with van der Waals surface area (Å²) < 4.78 is 0. The van der Waals surface area contributed by atoms with Crippen molar-refractivity contribution in [1.82, 2.24) is 16.0 Å². The second-order valence-electron chi connectivity index (χ2n) is 13.2. The molecule has 260 valence electrons. The van der Waals surface area contributed by atoms with Crippen molar-refractivity contribution < 1.29 is 9.59 Å². The van der Waals surface area contributed by atoms with Crippen molar-refractivity contribution in [2.24, 2.45) is 0 Å². The molecule has 1 unspecified atom stereocenters. The number of amides is 2. The van der Waals surface area contributed by atoms with Crippen LogP contribution in [0.25, 0.3) is 0 Å². The fraction of sp³-hybridized carbons (Fsp3) is 0.897. The molecule has 0 aliphatic heterocycles. The molecule has 0 heterocycles. The second-order valence-corrected chi connectivity index (χ2v) is 13.2. The maximum atomic E-state index is 12.8. The third kappa shape index (κ3) is 32.0. The third-order valence-corrected chi connectivity index (χ3v) is 8.83. The Labute approximate surface area is 275 Å². The smallest absolute Gasteiger partial charge is 0.242 e. The molecule has 0 aliphatic rings. The molecule has 0 aromatic carbocycles. The predicted molar refractivity (Wildman–Crippen MR) is 193 cm³/mol. The van der Waals surface area contributed by atoms with Crippen LogP contribution in [0.1, 0.15) is 200 Å². The highest BCUT2D eigenvalue weighted by atomic mass is 16.2. The molecule has 0 fully saturated rings. The Morgan fingerprint density at radius 2 is 0.932 bits per heavy atom. The molecular formula is C39H77N3O2. The van der Waals surface area contributed by atoms with Crippen LogP contribution in [0.3, 0.4) is 0 Å². The first-order valence-corrected chi connectivity index (χ1v) is 19.5. The molecule has 0 rings (SSSR count). The quantitative estimate of drug-likeness (QED) is 0.0488. The number of nitrogens with one attached hydrogen (secondary N) is 3. The van der Waals surface area contributed by atoms with Gasteiger partial charge < -0.3 is 16.0 Å². The van der Waals surface area contributed by atoms with Crippen LogP contribution >= 0.6 is 0 Å². The number of carbonyl (C=O) groups excluding carboxylic acids is 2. The highest BCUT2D eigenvalue weighted by Crippen LogP contribution is 2.13. The van der Waals surface area contributed by atoms with E-state index in [1.165, 1.54) is 154 Å². The standard InChI is InChI=1S/C39H77N3O2/c1-4-6-8-10-12-14-16-18-20-21-23-25-27-29-31-33-38(43)42-37(34-36-40-3)39(44)41-35-32-30-28-26-24-22-19-17-15-13-11-9-7-5-2/h18,20,37,40H,4-17,19,21-36H2,1-3H3,(H,41,44)(H,42,43). The van der Waals surface area contributed by atoms with E-state index in [1.807, 2.05) is 7.05 Å². The molecule has 2 amide bonds. The minimum atomic E-state index is -0.440.